The van der Waals surface area contributed by atoms with E-state index in [1.54, 1.807) is 17.8 Å². The Bertz CT molecular complexity index is 1090. The number of imidazole rings is 1. The van der Waals surface area contributed by atoms with Gasteiger partial charge in [0.15, 0.2) is 15.1 Å². The van der Waals surface area contributed by atoms with E-state index < -0.39 is 10.0 Å². The maximum absolute atomic E-state index is 12.7. The molecular formula is C13H9ClN4O2S2. The van der Waals surface area contributed by atoms with Crippen LogP contribution in [0.2, 0.25) is 5.15 Å². The van der Waals surface area contributed by atoms with Crippen molar-refractivity contribution in [3.63, 3.8) is 0 Å². The topological polar surface area (TPSA) is 79.3 Å². The van der Waals surface area contributed by atoms with Crippen molar-refractivity contribution >= 4 is 54.5 Å². The van der Waals surface area contributed by atoms with Gasteiger partial charge in [0.2, 0.25) is 0 Å². The van der Waals surface area contributed by atoms with Gasteiger partial charge in [0, 0.05) is 28.7 Å². The third kappa shape index (κ3) is 1.99. The standard InChI is InChI=1S/C13H9ClN4O2S2/c14-11-12(18-5-6-21-13(18)16-11)22(19,20)17-10-7-15-9-4-2-1-3-8(9)10/h1-7,15,17H. The second-order valence-corrected chi connectivity index (χ2v) is 7.45. The van der Waals surface area contributed by atoms with Gasteiger partial charge in [0.05, 0.1) is 5.69 Å². The first kappa shape index (κ1) is 13.6. The molecule has 0 aliphatic rings. The lowest BCUT2D eigenvalue weighted by Gasteiger charge is -2.06. The molecule has 3 aromatic heterocycles. The predicted octanol–water partition coefficient (Wildman–Crippen LogP) is 3.33. The number of hydrogen-bond donors (Lipinski definition) is 2. The van der Waals surface area contributed by atoms with Crippen molar-refractivity contribution < 1.29 is 8.42 Å². The van der Waals surface area contributed by atoms with Crippen LogP contribution in [0.1, 0.15) is 0 Å². The number of rotatable bonds is 3. The van der Waals surface area contributed by atoms with Crippen LogP contribution in [0.3, 0.4) is 0 Å². The Morgan fingerprint density at radius 2 is 2.14 bits per heavy atom. The lowest BCUT2D eigenvalue weighted by molar-refractivity contribution is 0.597. The van der Waals surface area contributed by atoms with E-state index >= 15 is 0 Å². The summed E-state index contributed by atoms with van der Waals surface area (Å²) in [6, 6.07) is 7.43. The van der Waals surface area contributed by atoms with Crippen LogP contribution in [-0.4, -0.2) is 22.8 Å². The summed E-state index contributed by atoms with van der Waals surface area (Å²) < 4.78 is 29.4. The van der Waals surface area contributed by atoms with E-state index in [0.717, 1.165) is 10.9 Å². The number of nitrogens with zero attached hydrogens (tertiary/aromatic N) is 2. The Hall–Kier alpha value is -2.03. The molecule has 0 aliphatic carbocycles. The molecule has 0 radical (unpaired) electrons. The summed E-state index contributed by atoms with van der Waals surface area (Å²) in [5, 5.41) is 2.44. The van der Waals surface area contributed by atoms with Gasteiger partial charge in [-0.05, 0) is 6.07 Å². The molecule has 2 N–H and O–H groups in total. The number of anilines is 1. The molecule has 0 spiro atoms. The number of fused-ring (bicyclic) bond motifs is 2. The van der Waals surface area contributed by atoms with Crippen LogP contribution in [0.5, 0.6) is 0 Å². The van der Waals surface area contributed by atoms with Crippen molar-refractivity contribution in [1.29, 1.82) is 0 Å². The molecule has 112 valence electrons. The Kier molecular flexibility index (Phi) is 2.93. The highest BCUT2D eigenvalue weighted by Gasteiger charge is 2.25. The quantitative estimate of drug-likeness (QED) is 0.593. The monoisotopic (exact) mass is 352 g/mol. The van der Waals surface area contributed by atoms with Crippen molar-refractivity contribution in [1.82, 2.24) is 14.4 Å². The van der Waals surface area contributed by atoms with Crippen LogP contribution < -0.4 is 4.72 Å². The number of H-pyrrole nitrogens is 1. The Labute approximate surface area is 134 Å². The average Bonchev–Trinajstić information content (AvgIpc) is 3.13. The number of hydrogen-bond acceptors (Lipinski definition) is 4. The van der Waals surface area contributed by atoms with Gasteiger partial charge in [-0.3, -0.25) is 9.12 Å². The number of sulfonamides is 1. The molecule has 6 nitrogen and oxygen atoms in total. The van der Waals surface area contributed by atoms with Gasteiger partial charge < -0.3 is 4.98 Å². The first-order valence-electron chi connectivity index (χ1n) is 6.26. The largest absolute Gasteiger partial charge is 0.359 e. The number of halogens is 1. The van der Waals surface area contributed by atoms with E-state index in [-0.39, 0.29) is 10.2 Å². The fraction of sp³-hybridized carbons (Fsp3) is 0. The predicted molar refractivity (Wildman–Crippen MR) is 87.2 cm³/mol. The summed E-state index contributed by atoms with van der Waals surface area (Å²) in [4.78, 5) is 7.61. The minimum Gasteiger partial charge on any atom is -0.359 e. The normalized spacial score (nSPS) is 12.2. The second-order valence-electron chi connectivity index (χ2n) is 4.62. The van der Waals surface area contributed by atoms with Gasteiger partial charge in [-0.15, -0.1) is 11.3 Å². The molecule has 0 saturated carbocycles. The summed E-state index contributed by atoms with van der Waals surface area (Å²) in [6.07, 6.45) is 3.24. The fourth-order valence-corrected chi connectivity index (χ4v) is 4.85. The van der Waals surface area contributed by atoms with Crippen molar-refractivity contribution in [2.75, 3.05) is 4.72 Å². The first-order valence-corrected chi connectivity index (χ1v) is 9.00. The molecular weight excluding hydrogens is 344 g/mol. The number of benzene rings is 1. The number of nitrogens with one attached hydrogen (secondary N) is 2. The van der Waals surface area contributed by atoms with Crippen LogP contribution in [0.4, 0.5) is 5.69 Å². The van der Waals surface area contributed by atoms with Gasteiger partial charge in [-0.2, -0.15) is 8.42 Å². The fourth-order valence-electron chi connectivity index (χ4n) is 2.33. The third-order valence-electron chi connectivity index (χ3n) is 3.27. The van der Waals surface area contributed by atoms with Crippen LogP contribution in [-0.2, 0) is 10.0 Å². The molecule has 0 amide bonds. The molecule has 22 heavy (non-hydrogen) atoms. The third-order valence-corrected chi connectivity index (χ3v) is 5.79. The molecule has 0 atom stereocenters. The summed E-state index contributed by atoms with van der Waals surface area (Å²) in [7, 11) is -3.85. The van der Waals surface area contributed by atoms with E-state index in [4.69, 9.17) is 11.6 Å². The van der Waals surface area contributed by atoms with Crippen molar-refractivity contribution in [2.24, 2.45) is 0 Å². The smallest absolute Gasteiger partial charge is 0.281 e. The van der Waals surface area contributed by atoms with E-state index in [1.807, 2.05) is 24.3 Å². The zero-order valence-corrected chi connectivity index (χ0v) is 13.3. The van der Waals surface area contributed by atoms with Crippen LogP contribution in [0.25, 0.3) is 15.9 Å². The molecule has 4 aromatic rings. The van der Waals surface area contributed by atoms with Crippen molar-refractivity contribution in [3.8, 4) is 0 Å². The van der Waals surface area contributed by atoms with Gasteiger partial charge in [0.25, 0.3) is 10.0 Å². The maximum Gasteiger partial charge on any atom is 0.281 e. The first-order chi connectivity index (χ1) is 10.6. The maximum atomic E-state index is 12.7. The van der Waals surface area contributed by atoms with E-state index in [2.05, 4.69) is 14.7 Å². The van der Waals surface area contributed by atoms with Crippen molar-refractivity contribution in [3.05, 3.63) is 47.2 Å². The summed E-state index contributed by atoms with van der Waals surface area (Å²) >= 11 is 7.32. The SMILES string of the molecule is O=S(=O)(Nc1c[nH]c2ccccc12)c1c(Cl)nc2sccn12. The molecule has 1 aromatic carbocycles. The summed E-state index contributed by atoms with van der Waals surface area (Å²) in [5.41, 5.74) is 1.32. The minimum atomic E-state index is -3.85. The Morgan fingerprint density at radius 3 is 3.00 bits per heavy atom. The Morgan fingerprint density at radius 1 is 1.32 bits per heavy atom. The van der Waals surface area contributed by atoms with E-state index in [1.165, 1.54) is 15.7 Å². The summed E-state index contributed by atoms with van der Waals surface area (Å²) in [6.45, 7) is 0. The highest BCUT2D eigenvalue weighted by Crippen LogP contribution is 2.29. The molecule has 3 heterocycles. The lowest BCUT2D eigenvalue weighted by Crippen LogP contribution is -2.15. The molecule has 0 bridgehead atoms. The Balaban J connectivity index is 1.84. The number of para-hydroxylation sites is 1. The number of aromatic amines is 1. The second kappa shape index (κ2) is 4.73. The highest BCUT2D eigenvalue weighted by atomic mass is 35.5. The van der Waals surface area contributed by atoms with Gasteiger partial charge in [0.1, 0.15) is 0 Å². The lowest BCUT2D eigenvalue weighted by atomic mass is 10.2. The average molecular weight is 353 g/mol. The van der Waals surface area contributed by atoms with Gasteiger partial charge >= 0.3 is 0 Å². The molecule has 0 fully saturated rings. The highest BCUT2D eigenvalue weighted by molar-refractivity contribution is 7.92. The van der Waals surface area contributed by atoms with E-state index in [9.17, 15) is 8.42 Å². The molecule has 0 saturated heterocycles. The van der Waals surface area contributed by atoms with Crippen LogP contribution >= 0.6 is 22.9 Å². The van der Waals surface area contributed by atoms with Gasteiger partial charge in [-0.25, -0.2) is 4.98 Å². The zero-order valence-electron chi connectivity index (χ0n) is 10.9. The number of aromatic nitrogens is 3. The zero-order chi connectivity index (χ0) is 15.3. The molecule has 0 aliphatic heterocycles. The van der Waals surface area contributed by atoms with E-state index in [0.29, 0.717) is 10.6 Å². The molecule has 9 heteroatoms. The van der Waals surface area contributed by atoms with Crippen LogP contribution in [0, 0.1) is 0 Å². The van der Waals surface area contributed by atoms with Crippen LogP contribution in [0.15, 0.2) is 47.1 Å². The van der Waals surface area contributed by atoms with Gasteiger partial charge in [-0.1, -0.05) is 29.8 Å². The number of thiazole rings is 1. The summed E-state index contributed by atoms with van der Waals surface area (Å²) in [5.74, 6) is 0. The van der Waals surface area contributed by atoms with Crippen molar-refractivity contribution in [2.45, 2.75) is 5.03 Å². The molecule has 0 unspecified atom stereocenters. The minimum absolute atomic E-state index is 0.0424. The molecule has 4 rings (SSSR count).